The van der Waals surface area contributed by atoms with Crippen molar-refractivity contribution in [3.63, 3.8) is 0 Å². The molecule has 3 N–H and O–H groups in total. The maximum absolute atomic E-state index is 5.72. The van der Waals surface area contributed by atoms with Crippen LogP contribution in [-0.4, -0.2) is 23.8 Å². The minimum atomic E-state index is 0.668. The highest BCUT2D eigenvalue weighted by molar-refractivity contribution is 5.61. The lowest BCUT2D eigenvalue weighted by atomic mass is 9.85. The third-order valence-electron chi connectivity index (χ3n) is 2.82. The summed E-state index contributed by atoms with van der Waals surface area (Å²) in [7, 11) is 2.07. The van der Waals surface area contributed by atoms with E-state index in [0.29, 0.717) is 5.82 Å². The molecule has 0 atom stereocenters. The summed E-state index contributed by atoms with van der Waals surface area (Å²) in [5, 5.41) is 6.65. The van der Waals surface area contributed by atoms with Crippen LogP contribution in [0.4, 0.5) is 11.5 Å². The fourth-order valence-electron chi connectivity index (χ4n) is 1.75. The van der Waals surface area contributed by atoms with Gasteiger partial charge in [-0.3, -0.25) is 5.10 Å². The highest BCUT2D eigenvalue weighted by atomic mass is 15.2. The summed E-state index contributed by atoms with van der Waals surface area (Å²) < 4.78 is 0. The Morgan fingerprint density at radius 3 is 2.92 bits per heavy atom. The summed E-state index contributed by atoms with van der Waals surface area (Å²) in [6.45, 7) is 1.10. The lowest BCUT2D eigenvalue weighted by molar-refractivity contribution is 0.321. The number of H-pyrrole nitrogens is 1. The molecule has 0 radical (unpaired) electrons. The predicted octanol–water partition coefficient (Wildman–Crippen LogP) is 1.23. The number of nitrogens with one attached hydrogen (secondary N) is 1. The molecule has 1 heterocycles. The van der Waals surface area contributed by atoms with E-state index in [4.69, 9.17) is 5.73 Å². The summed E-state index contributed by atoms with van der Waals surface area (Å²) in [6.07, 6.45) is 5.90. The molecule has 1 fully saturated rings. The van der Waals surface area contributed by atoms with Crippen LogP contribution < -0.4 is 10.6 Å². The molecule has 72 valence electrons. The van der Waals surface area contributed by atoms with E-state index in [-0.39, 0.29) is 0 Å². The average molecular weight is 180 g/mol. The highest BCUT2D eigenvalue weighted by Crippen LogP contribution is 2.29. The second kappa shape index (κ2) is 3.28. The molecule has 1 aromatic heterocycles. The van der Waals surface area contributed by atoms with Crippen LogP contribution in [0.3, 0.4) is 0 Å². The summed E-state index contributed by atoms with van der Waals surface area (Å²) in [5.41, 5.74) is 6.74. The second-order valence-electron chi connectivity index (χ2n) is 3.85. The van der Waals surface area contributed by atoms with Crippen molar-refractivity contribution in [1.29, 1.82) is 0 Å². The summed E-state index contributed by atoms with van der Waals surface area (Å²) in [6, 6.07) is 0. The monoisotopic (exact) mass is 180 g/mol. The zero-order valence-electron chi connectivity index (χ0n) is 7.95. The number of anilines is 2. The van der Waals surface area contributed by atoms with Crippen molar-refractivity contribution in [1.82, 2.24) is 10.2 Å². The third kappa shape index (κ3) is 1.61. The average Bonchev–Trinajstić information content (AvgIpc) is 2.43. The Labute approximate surface area is 78.1 Å². The van der Waals surface area contributed by atoms with Crippen LogP contribution in [0.5, 0.6) is 0 Å². The fraction of sp³-hybridized carbons (Fsp3) is 0.667. The van der Waals surface area contributed by atoms with Crippen molar-refractivity contribution in [3.8, 4) is 0 Å². The maximum atomic E-state index is 5.72. The van der Waals surface area contributed by atoms with Crippen LogP contribution in [0.15, 0.2) is 6.20 Å². The van der Waals surface area contributed by atoms with Crippen LogP contribution in [-0.2, 0) is 0 Å². The molecule has 1 aliphatic carbocycles. The first-order chi connectivity index (χ1) is 6.27. The minimum Gasteiger partial charge on any atom is -0.382 e. The van der Waals surface area contributed by atoms with Crippen molar-refractivity contribution in [2.75, 3.05) is 24.2 Å². The molecule has 0 unspecified atom stereocenters. The second-order valence-corrected chi connectivity index (χ2v) is 3.85. The van der Waals surface area contributed by atoms with Gasteiger partial charge in [0, 0.05) is 13.6 Å². The van der Waals surface area contributed by atoms with Gasteiger partial charge >= 0.3 is 0 Å². The standard InChI is InChI=1S/C9H16N4/c1-13(6-7-3-2-4-7)8-5-11-12-9(8)10/h5,7H,2-4,6H2,1H3,(H3,10,11,12). The molecule has 0 spiro atoms. The molecule has 1 saturated carbocycles. The Morgan fingerprint density at radius 1 is 1.69 bits per heavy atom. The van der Waals surface area contributed by atoms with Crippen molar-refractivity contribution in [2.45, 2.75) is 19.3 Å². The van der Waals surface area contributed by atoms with Gasteiger partial charge in [0.15, 0.2) is 0 Å². The van der Waals surface area contributed by atoms with Crippen LogP contribution in [0, 0.1) is 5.92 Å². The van der Waals surface area contributed by atoms with E-state index in [1.807, 2.05) is 0 Å². The summed E-state index contributed by atoms with van der Waals surface area (Å²) >= 11 is 0. The van der Waals surface area contributed by atoms with Gasteiger partial charge in [0.2, 0.25) is 0 Å². The Hall–Kier alpha value is -1.19. The van der Waals surface area contributed by atoms with Crippen molar-refractivity contribution >= 4 is 11.5 Å². The largest absolute Gasteiger partial charge is 0.382 e. The lowest BCUT2D eigenvalue weighted by Crippen LogP contribution is -2.29. The quantitative estimate of drug-likeness (QED) is 0.735. The van der Waals surface area contributed by atoms with Gasteiger partial charge < -0.3 is 10.6 Å². The first kappa shape index (κ1) is 8.41. The van der Waals surface area contributed by atoms with Gasteiger partial charge in [-0.25, -0.2) is 0 Å². The SMILES string of the molecule is CN(CC1CCC1)c1cn[nH]c1N. The van der Waals surface area contributed by atoms with E-state index in [1.165, 1.54) is 19.3 Å². The van der Waals surface area contributed by atoms with Gasteiger partial charge in [-0.1, -0.05) is 6.42 Å². The van der Waals surface area contributed by atoms with Gasteiger partial charge in [0.1, 0.15) is 5.82 Å². The predicted molar refractivity (Wildman–Crippen MR) is 53.6 cm³/mol. The molecule has 0 saturated heterocycles. The molecule has 4 nitrogen and oxygen atoms in total. The van der Waals surface area contributed by atoms with Crippen molar-refractivity contribution in [3.05, 3.63) is 6.20 Å². The molecule has 0 aliphatic heterocycles. The van der Waals surface area contributed by atoms with Crippen LogP contribution in [0.2, 0.25) is 0 Å². The zero-order valence-corrected chi connectivity index (χ0v) is 7.95. The molecule has 13 heavy (non-hydrogen) atoms. The van der Waals surface area contributed by atoms with Crippen molar-refractivity contribution in [2.24, 2.45) is 5.92 Å². The highest BCUT2D eigenvalue weighted by Gasteiger charge is 2.20. The summed E-state index contributed by atoms with van der Waals surface area (Å²) in [4.78, 5) is 2.18. The summed E-state index contributed by atoms with van der Waals surface area (Å²) in [5.74, 6) is 1.53. The van der Waals surface area contributed by atoms with E-state index in [2.05, 4.69) is 22.1 Å². The molecule has 0 bridgehead atoms. The normalized spacial score (nSPS) is 17.0. The smallest absolute Gasteiger partial charge is 0.142 e. The van der Waals surface area contributed by atoms with E-state index in [1.54, 1.807) is 6.20 Å². The van der Waals surface area contributed by atoms with Crippen molar-refractivity contribution < 1.29 is 0 Å². The topological polar surface area (TPSA) is 57.9 Å². The van der Waals surface area contributed by atoms with Crippen LogP contribution >= 0.6 is 0 Å². The van der Waals surface area contributed by atoms with E-state index in [0.717, 1.165) is 18.2 Å². The molecular formula is C9H16N4. The van der Waals surface area contributed by atoms with Gasteiger partial charge in [-0.2, -0.15) is 5.10 Å². The molecule has 0 aromatic carbocycles. The number of hydrogen-bond acceptors (Lipinski definition) is 3. The van der Waals surface area contributed by atoms with Gasteiger partial charge in [-0.15, -0.1) is 0 Å². The van der Waals surface area contributed by atoms with E-state index in [9.17, 15) is 0 Å². The van der Waals surface area contributed by atoms with E-state index < -0.39 is 0 Å². The molecule has 1 aromatic rings. The number of nitrogens with zero attached hydrogens (tertiary/aromatic N) is 2. The number of aromatic amines is 1. The van der Waals surface area contributed by atoms with Gasteiger partial charge in [0.25, 0.3) is 0 Å². The number of hydrogen-bond donors (Lipinski definition) is 2. The number of aromatic nitrogens is 2. The minimum absolute atomic E-state index is 0.668. The van der Waals surface area contributed by atoms with Gasteiger partial charge in [0.05, 0.1) is 11.9 Å². The first-order valence-electron chi connectivity index (χ1n) is 4.77. The van der Waals surface area contributed by atoms with E-state index >= 15 is 0 Å². The fourth-order valence-corrected chi connectivity index (χ4v) is 1.75. The molecule has 2 rings (SSSR count). The third-order valence-corrected chi connectivity index (χ3v) is 2.82. The number of rotatable bonds is 3. The maximum Gasteiger partial charge on any atom is 0.142 e. The van der Waals surface area contributed by atoms with Crippen LogP contribution in [0.1, 0.15) is 19.3 Å². The van der Waals surface area contributed by atoms with Gasteiger partial charge in [-0.05, 0) is 18.8 Å². The first-order valence-corrected chi connectivity index (χ1v) is 4.77. The Morgan fingerprint density at radius 2 is 2.46 bits per heavy atom. The number of nitrogen functional groups attached to an aromatic ring is 1. The Kier molecular flexibility index (Phi) is 2.12. The zero-order chi connectivity index (χ0) is 9.26. The molecule has 4 heteroatoms. The Balaban J connectivity index is 1.96. The van der Waals surface area contributed by atoms with Crippen LogP contribution in [0.25, 0.3) is 0 Å². The molecule has 1 aliphatic rings. The Bertz CT molecular complexity index is 277. The molecular weight excluding hydrogens is 164 g/mol. The molecule has 0 amide bonds. The number of nitrogens with two attached hydrogens (primary N) is 1. The lowest BCUT2D eigenvalue weighted by Gasteiger charge is -2.30.